The molecule has 30 heavy (non-hydrogen) atoms. The van der Waals surface area contributed by atoms with E-state index in [4.69, 9.17) is 9.47 Å². The maximum atomic E-state index is 11.1. The van der Waals surface area contributed by atoms with E-state index < -0.39 is 0 Å². The third kappa shape index (κ3) is 7.38. The van der Waals surface area contributed by atoms with Gasteiger partial charge in [0.15, 0.2) is 11.6 Å². The predicted octanol–water partition coefficient (Wildman–Crippen LogP) is 3.71. The van der Waals surface area contributed by atoms with Crippen LogP contribution in [0.25, 0.3) is 0 Å². The molecule has 0 atom stereocenters. The fourth-order valence-corrected chi connectivity index (χ4v) is 2.42. The molecule has 8 heteroatoms. The van der Waals surface area contributed by atoms with Crippen molar-refractivity contribution in [3.8, 4) is 11.5 Å². The van der Waals surface area contributed by atoms with Crippen molar-refractivity contribution in [3.05, 3.63) is 47.5 Å². The van der Waals surface area contributed by atoms with Crippen LogP contribution in [0.15, 0.2) is 36.4 Å². The Morgan fingerprint density at radius 2 is 1.10 bits per heavy atom. The Morgan fingerprint density at radius 3 is 1.57 bits per heavy atom. The molecule has 2 aromatic carbocycles. The number of anilines is 2. The molecular formula is C22H26N2O6. The van der Waals surface area contributed by atoms with Gasteiger partial charge in [-0.15, -0.1) is 0 Å². The van der Waals surface area contributed by atoms with Crippen LogP contribution < -0.4 is 20.1 Å². The summed E-state index contributed by atoms with van der Waals surface area (Å²) in [6.07, 6.45) is 0. The van der Waals surface area contributed by atoms with E-state index in [1.54, 1.807) is 36.4 Å². The van der Waals surface area contributed by atoms with E-state index in [1.165, 1.54) is 41.9 Å². The topological polar surface area (TPSA) is 111 Å². The van der Waals surface area contributed by atoms with Gasteiger partial charge >= 0.3 is 0 Å². The number of amides is 2. The normalized spacial score (nSPS) is 9.53. The van der Waals surface area contributed by atoms with Crippen LogP contribution in [-0.4, -0.2) is 37.6 Å². The lowest BCUT2D eigenvalue weighted by molar-refractivity contribution is -0.115. The van der Waals surface area contributed by atoms with Gasteiger partial charge in [-0.1, -0.05) is 0 Å². The number of benzene rings is 2. The minimum atomic E-state index is -0.200. The molecule has 0 saturated heterocycles. The number of rotatable bonds is 6. The highest BCUT2D eigenvalue weighted by Crippen LogP contribution is 2.26. The van der Waals surface area contributed by atoms with E-state index in [0.717, 1.165) is 0 Å². The average molecular weight is 414 g/mol. The molecule has 0 saturated carbocycles. The maximum absolute atomic E-state index is 11.1. The van der Waals surface area contributed by atoms with E-state index >= 15 is 0 Å². The summed E-state index contributed by atoms with van der Waals surface area (Å²) < 4.78 is 10.1. The monoisotopic (exact) mass is 414 g/mol. The first-order chi connectivity index (χ1) is 14.1. The van der Waals surface area contributed by atoms with Crippen LogP contribution in [0.3, 0.4) is 0 Å². The summed E-state index contributed by atoms with van der Waals surface area (Å²) in [4.78, 5) is 44.0. The second kappa shape index (κ2) is 11.4. The summed E-state index contributed by atoms with van der Waals surface area (Å²) in [6, 6.07) is 9.82. The molecule has 2 N–H and O–H groups in total. The molecule has 160 valence electrons. The van der Waals surface area contributed by atoms with Gasteiger partial charge < -0.3 is 20.1 Å². The molecule has 0 aliphatic rings. The Bertz CT molecular complexity index is 953. The molecule has 0 aliphatic heterocycles. The van der Waals surface area contributed by atoms with Gasteiger partial charge in [-0.3, -0.25) is 19.2 Å². The SMILES string of the molecule is COc1cc(C(C)=O)ccc1NC(C)=O.COc1ccc(C(C)=O)cc1NC(C)=O. The van der Waals surface area contributed by atoms with Gasteiger partial charge in [0.1, 0.15) is 11.5 Å². The number of ether oxygens (including phenoxy) is 2. The number of hydrogen-bond donors (Lipinski definition) is 2. The number of methoxy groups -OCH3 is 2. The molecule has 0 bridgehead atoms. The number of ketones is 2. The van der Waals surface area contributed by atoms with Crippen molar-refractivity contribution < 1.29 is 28.7 Å². The van der Waals surface area contributed by atoms with E-state index in [0.29, 0.717) is 34.0 Å². The molecule has 2 rings (SSSR count). The first-order valence-electron chi connectivity index (χ1n) is 9.02. The Kier molecular flexibility index (Phi) is 9.22. The molecule has 0 aromatic heterocycles. The van der Waals surface area contributed by atoms with Crippen molar-refractivity contribution in [1.82, 2.24) is 0 Å². The summed E-state index contributed by atoms with van der Waals surface area (Å²) in [5.74, 6) is 0.554. The van der Waals surface area contributed by atoms with Gasteiger partial charge in [0.25, 0.3) is 0 Å². The van der Waals surface area contributed by atoms with Gasteiger partial charge in [-0.25, -0.2) is 0 Å². The zero-order valence-corrected chi connectivity index (χ0v) is 17.9. The molecule has 0 unspecified atom stereocenters. The van der Waals surface area contributed by atoms with Crippen LogP contribution in [0.4, 0.5) is 11.4 Å². The zero-order valence-electron chi connectivity index (χ0n) is 17.9. The molecule has 2 amide bonds. The zero-order chi connectivity index (χ0) is 22.8. The maximum Gasteiger partial charge on any atom is 0.221 e. The molecule has 2 aromatic rings. The first-order valence-corrected chi connectivity index (χ1v) is 9.02. The lowest BCUT2D eigenvalue weighted by Gasteiger charge is -2.09. The standard InChI is InChI=1S/2C11H13NO3/c1-7(13)9-4-5-11(15-3)10(6-9)12-8(2)14;1-7(13)9-4-5-10(12-8(2)14)11(6-9)15-3/h2*4-6H,1-3H3,(H,12,14). The molecule has 0 fully saturated rings. The highest BCUT2D eigenvalue weighted by Gasteiger charge is 2.08. The van der Waals surface area contributed by atoms with Crippen LogP contribution in [0.5, 0.6) is 11.5 Å². The van der Waals surface area contributed by atoms with E-state index in [2.05, 4.69) is 10.6 Å². The fourth-order valence-electron chi connectivity index (χ4n) is 2.42. The van der Waals surface area contributed by atoms with Crippen molar-refractivity contribution in [2.24, 2.45) is 0 Å². The largest absolute Gasteiger partial charge is 0.495 e. The Balaban J connectivity index is 0.000000300. The lowest BCUT2D eigenvalue weighted by Crippen LogP contribution is -2.08. The van der Waals surface area contributed by atoms with E-state index in [9.17, 15) is 19.2 Å². The molecular weight excluding hydrogens is 388 g/mol. The first kappa shape index (κ1) is 24.4. The van der Waals surface area contributed by atoms with Crippen LogP contribution in [0.1, 0.15) is 48.4 Å². The number of hydrogen-bond acceptors (Lipinski definition) is 6. The minimum absolute atomic E-state index is 0.0392. The molecule has 8 nitrogen and oxygen atoms in total. The summed E-state index contributed by atoms with van der Waals surface area (Å²) in [5.41, 5.74) is 2.17. The third-order valence-electron chi connectivity index (χ3n) is 3.84. The van der Waals surface area contributed by atoms with Crippen molar-refractivity contribution in [2.45, 2.75) is 27.7 Å². The van der Waals surface area contributed by atoms with Gasteiger partial charge in [-0.05, 0) is 50.2 Å². The predicted molar refractivity (Wildman–Crippen MR) is 115 cm³/mol. The summed E-state index contributed by atoms with van der Waals surface area (Å²) in [7, 11) is 3.00. The van der Waals surface area contributed by atoms with Crippen molar-refractivity contribution >= 4 is 34.8 Å². The number of Topliss-reactive ketones (excluding diaryl/α,β-unsaturated/α-hetero) is 2. The minimum Gasteiger partial charge on any atom is -0.495 e. The number of carbonyl (C=O) groups excluding carboxylic acids is 4. The Labute approximate surface area is 175 Å². The van der Waals surface area contributed by atoms with Gasteiger partial charge in [0.2, 0.25) is 11.8 Å². The van der Waals surface area contributed by atoms with E-state index in [1.807, 2.05) is 0 Å². The quantitative estimate of drug-likeness (QED) is 0.697. The Morgan fingerprint density at radius 1 is 0.633 bits per heavy atom. The van der Waals surface area contributed by atoms with Crippen LogP contribution in [0, 0.1) is 0 Å². The van der Waals surface area contributed by atoms with Gasteiger partial charge in [0, 0.05) is 25.0 Å². The average Bonchev–Trinajstić information content (AvgIpc) is 2.67. The van der Waals surface area contributed by atoms with Crippen LogP contribution >= 0.6 is 0 Å². The highest BCUT2D eigenvalue weighted by molar-refractivity contribution is 5.98. The number of nitrogens with one attached hydrogen (secondary N) is 2. The van der Waals surface area contributed by atoms with Crippen molar-refractivity contribution in [1.29, 1.82) is 0 Å². The second-order valence-corrected chi connectivity index (χ2v) is 6.30. The summed E-state index contributed by atoms with van der Waals surface area (Å²) in [6.45, 7) is 5.77. The van der Waals surface area contributed by atoms with E-state index in [-0.39, 0.29) is 23.4 Å². The third-order valence-corrected chi connectivity index (χ3v) is 3.84. The van der Waals surface area contributed by atoms with Crippen LogP contribution in [-0.2, 0) is 9.59 Å². The molecule has 0 spiro atoms. The van der Waals surface area contributed by atoms with Crippen molar-refractivity contribution in [3.63, 3.8) is 0 Å². The molecule has 0 radical (unpaired) electrons. The Hall–Kier alpha value is -3.68. The second-order valence-electron chi connectivity index (χ2n) is 6.30. The van der Waals surface area contributed by atoms with Crippen molar-refractivity contribution in [2.75, 3.05) is 24.9 Å². The van der Waals surface area contributed by atoms with Gasteiger partial charge in [-0.2, -0.15) is 0 Å². The fraction of sp³-hybridized carbons (Fsp3) is 0.273. The van der Waals surface area contributed by atoms with Crippen LogP contribution in [0.2, 0.25) is 0 Å². The summed E-state index contributed by atoms with van der Waals surface area (Å²) >= 11 is 0. The smallest absolute Gasteiger partial charge is 0.221 e. The molecule has 0 aliphatic carbocycles. The number of carbonyl (C=O) groups is 4. The lowest BCUT2D eigenvalue weighted by atomic mass is 10.1. The molecule has 0 heterocycles. The highest BCUT2D eigenvalue weighted by atomic mass is 16.5. The van der Waals surface area contributed by atoms with Gasteiger partial charge in [0.05, 0.1) is 25.6 Å². The summed E-state index contributed by atoms with van der Waals surface area (Å²) in [5, 5.41) is 5.22.